The molecule has 4 rings (SSSR count). The molecule has 0 unspecified atom stereocenters. The van der Waals surface area contributed by atoms with Gasteiger partial charge in [-0.15, -0.1) is 0 Å². The number of carbonyl (C=O) groups is 1. The van der Waals surface area contributed by atoms with Crippen LogP contribution < -0.4 is 14.8 Å². The summed E-state index contributed by atoms with van der Waals surface area (Å²) in [5.41, 5.74) is 1.65. The molecule has 1 N–H and O–H groups in total. The molecule has 7 heteroatoms. The average Bonchev–Trinajstić information content (AvgIpc) is 3.41. The SMILES string of the molecule is COc1ccc(-c2cc(C3(C(=O)NCc4ccccn4)CC3)no2)cc1OC. The molecular weight excluding hydrogens is 358 g/mol. The van der Waals surface area contributed by atoms with Gasteiger partial charge in [0.2, 0.25) is 5.91 Å². The minimum atomic E-state index is -0.618. The maximum Gasteiger partial charge on any atom is 0.232 e. The normalized spacial score (nSPS) is 14.4. The van der Waals surface area contributed by atoms with E-state index in [2.05, 4.69) is 15.5 Å². The third kappa shape index (κ3) is 3.31. The summed E-state index contributed by atoms with van der Waals surface area (Å²) < 4.78 is 16.1. The Labute approximate surface area is 162 Å². The highest BCUT2D eigenvalue weighted by molar-refractivity contribution is 5.91. The Morgan fingerprint density at radius 2 is 1.96 bits per heavy atom. The van der Waals surface area contributed by atoms with E-state index in [1.807, 2.05) is 42.5 Å². The maximum absolute atomic E-state index is 12.8. The molecule has 3 aromatic rings. The van der Waals surface area contributed by atoms with E-state index in [0.29, 0.717) is 29.5 Å². The second kappa shape index (κ2) is 7.34. The molecule has 2 aromatic heterocycles. The van der Waals surface area contributed by atoms with Crippen molar-refractivity contribution in [1.82, 2.24) is 15.5 Å². The summed E-state index contributed by atoms with van der Waals surface area (Å²) in [6.45, 7) is 0.391. The lowest BCUT2D eigenvalue weighted by Crippen LogP contribution is -2.34. The molecule has 1 fully saturated rings. The summed E-state index contributed by atoms with van der Waals surface area (Å²) in [4.78, 5) is 17.0. The molecule has 2 heterocycles. The van der Waals surface area contributed by atoms with Crippen LogP contribution in [0.3, 0.4) is 0 Å². The van der Waals surface area contributed by atoms with Gasteiger partial charge in [-0.3, -0.25) is 9.78 Å². The Balaban J connectivity index is 1.51. The van der Waals surface area contributed by atoms with Gasteiger partial charge in [0.25, 0.3) is 0 Å². The van der Waals surface area contributed by atoms with E-state index in [0.717, 1.165) is 24.1 Å². The van der Waals surface area contributed by atoms with Gasteiger partial charge in [-0.2, -0.15) is 0 Å². The Hall–Kier alpha value is -3.35. The van der Waals surface area contributed by atoms with E-state index >= 15 is 0 Å². The van der Waals surface area contributed by atoms with Crippen LogP contribution in [0, 0.1) is 0 Å². The summed E-state index contributed by atoms with van der Waals surface area (Å²) >= 11 is 0. The van der Waals surface area contributed by atoms with Crippen LogP contribution in [0.1, 0.15) is 24.2 Å². The van der Waals surface area contributed by atoms with Crippen LogP contribution in [0.2, 0.25) is 0 Å². The predicted molar refractivity (Wildman–Crippen MR) is 102 cm³/mol. The van der Waals surface area contributed by atoms with Gasteiger partial charge in [0.1, 0.15) is 0 Å². The van der Waals surface area contributed by atoms with Gasteiger partial charge in [-0.05, 0) is 43.2 Å². The average molecular weight is 379 g/mol. The minimum Gasteiger partial charge on any atom is -0.493 e. The van der Waals surface area contributed by atoms with E-state index in [4.69, 9.17) is 14.0 Å². The summed E-state index contributed by atoms with van der Waals surface area (Å²) in [5, 5.41) is 7.14. The van der Waals surface area contributed by atoms with Crippen molar-refractivity contribution in [2.75, 3.05) is 14.2 Å². The van der Waals surface area contributed by atoms with Crippen molar-refractivity contribution in [3.8, 4) is 22.8 Å². The highest BCUT2D eigenvalue weighted by Gasteiger charge is 2.53. The molecule has 1 amide bonds. The molecular formula is C21H21N3O4. The summed E-state index contributed by atoms with van der Waals surface area (Å²) in [6.07, 6.45) is 3.21. The number of aromatic nitrogens is 2. The van der Waals surface area contributed by atoms with Crippen LogP contribution in [0.15, 0.2) is 53.2 Å². The molecule has 0 spiro atoms. The molecule has 0 saturated heterocycles. The second-order valence-corrected chi connectivity index (χ2v) is 6.73. The van der Waals surface area contributed by atoms with Crippen molar-refractivity contribution < 1.29 is 18.8 Å². The number of nitrogens with zero attached hydrogens (tertiary/aromatic N) is 2. The first-order chi connectivity index (χ1) is 13.7. The van der Waals surface area contributed by atoms with E-state index in [1.165, 1.54) is 0 Å². The van der Waals surface area contributed by atoms with E-state index in [-0.39, 0.29) is 5.91 Å². The Morgan fingerprint density at radius 3 is 2.64 bits per heavy atom. The number of nitrogens with one attached hydrogen (secondary N) is 1. The van der Waals surface area contributed by atoms with Crippen LogP contribution in [0.25, 0.3) is 11.3 Å². The fraction of sp³-hybridized carbons (Fsp3) is 0.286. The van der Waals surface area contributed by atoms with Crippen molar-refractivity contribution >= 4 is 5.91 Å². The number of methoxy groups -OCH3 is 2. The molecule has 1 aromatic carbocycles. The number of benzene rings is 1. The van der Waals surface area contributed by atoms with E-state index < -0.39 is 5.41 Å². The van der Waals surface area contributed by atoms with Crippen molar-refractivity contribution in [1.29, 1.82) is 0 Å². The standard InChI is InChI=1S/C21H21N3O4/c1-26-16-7-6-14(11-18(16)27-2)17-12-19(24-28-17)21(8-9-21)20(25)23-13-15-5-3-4-10-22-15/h3-7,10-12H,8-9,13H2,1-2H3,(H,23,25). The molecule has 1 aliphatic carbocycles. The lowest BCUT2D eigenvalue weighted by Gasteiger charge is -2.12. The van der Waals surface area contributed by atoms with Crippen molar-refractivity contribution in [3.05, 3.63) is 60.0 Å². The number of carbonyl (C=O) groups excluding carboxylic acids is 1. The number of hydrogen-bond donors (Lipinski definition) is 1. The van der Waals surface area contributed by atoms with Gasteiger partial charge in [-0.1, -0.05) is 11.2 Å². The van der Waals surface area contributed by atoms with E-state index in [9.17, 15) is 4.79 Å². The second-order valence-electron chi connectivity index (χ2n) is 6.73. The van der Waals surface area contributed by atoms with Crippen LogP contribution in [-0.4, -0.2) is 30.3 Å². The molecule has 0 bridgehead atoms. The molecule has 28 heavy (non-hydrogen) atoms. The largest absolute Gasteiger partial charge is 0.493 e. The Bertz CT molecular complexity index is 980. The molecule has 7 nitrogen and oxygen atoms in total. The first kappa shape index (κ1) is 18.0. The van der Waals surface area contributed by atoms with Crippen LogP contribution in [-0.2, 0) is 16.8 Å². The monoisotopic (exact) mass is 379 g/mol. The predicted octanol–water partition coefficient (Wildman–Crippen LogP) is 3.10. The number of amides is 1. The van der Waals surface area contributed by atoms with Gasteiger partial charge < -0.3 is 19.3 Å². The van der Waals surface area contributed by atoms with Gasteiger partial charge in [0.05, 0.1) is 37.6 Å². The molecule has 1 aliphatic rings. The molecule has 1 saturated carbocycles. The molecule has 0 aliphatic heterocycles. The van der Waals surface area contributed by atoms with Gasteiger partial charge >= 0.3 is 0 Å². The Kier molecular flexibility index (Phi) is 4.73. The quantitative estimate of drug-likeness (QED) is 0.679. The summed E-state index contributed by atoms with van der Waals surface area (Å²) in [6, 6.07) is 13.0. The zero-order valence-corrected chi connectivity index (χ0v) is 15.8. The smallest absolute Gasteiger partial charge is 0.232 e. The van der Waals surface area contributed by atoms with Gasteiger partial charge in [0.15, 0.2) is 17.3 Å². The number of hydrogen-bond acceptors (Lipinski definition) is 6. The zero-order chi connectivity index (χ0) is 19.6. The fourth-order valence-corrected chi connectivity index (χ4v) is 3.19. The van der Waals surface area contributed by atoms with Gasteiger partial charge in [-0.25, -0.2) is 0 Å². The highest BCUT2D eigenvalue weighted by atomic mass is 16.5. The first-order valence-electron chi connectivity index (χ1n) is 9.04. The lowest BCUT2D eigenvalue weighted by atomic mass is 10.00. The van der Waals surface area contributed by atoms with Gasteiger partial charge in [0, 0.05) is 17.8 Å². The highest BCUT2D eigenvalue weighted by Crippen LogP contribution is 2.48. The number of rotatable bonds is 7. The topological polar surface area (TPSA) is 86.5 Å². The third-order valence-electron chi connectivity index (χ3n) is 5.01. The first-order valence-corrected chi connectivity index (χ1v) is 9.04. The number of pyridine rings is 1. The van der Waals surface area contributed by atoms with Crippen LogP contribution in [0.5, 0.6) is 11.5 Å². The number of ether oxygens (including phenoxy) is 2. The van der Waals surface area contributed by atoms with Crippen molar-refractivity contribution in [2.24, 2.45) is 0 Å². The molecule has 0 radical (unpaired) electrons. The van der Waals surface area contributed by atoms with Crippen molar-refractivity contribution in [2.45, 2.75) is 24.8 Å². The summed E-state index contributed by atoms with van der Waals surface area (Å²) in [5.74, 6) is 1.77. The molecule has 144 valence electrons. The third-order valence-corrected chi connectivity index (χ3v) is 5.01. The van der Waals surface area contributed by atoms with Crippen molar-refractivity contribution in [3.63, 3.8) is 0 Å². The van der Waals surface area contributed by atoms with Crippen LogP contribution in [0.4, 0.5) is 0 Å². The fourth-order valence-electron chi connectivity index (χ4n) is 3.19. The lowest BCUT2D eigenvalue weighted by molar-refractivity contribution is -0.123. The Morgan fingerprint density at radius 1 is 1.14 bits per heavy atom. The molecule has 0 atom stereocenters. The van der Waals surface area contributed by atoms with E-state index in [1.54, 1.807) is 20.4 Å². The zero-order valence-electron chi connectivity index (χ0n) is 15.8. The van der Waals surface area contributed by atoms with Crippen LogP contribution >= 0.6 is 0 Å². The maximum atomic E-state index is 12.8. The summed E-state index contributed by atoms with van der Waals surface area (Å²) in [7, 11) is 3.17. The minimum absolute atomic E-state index is 0.0506.